The first kappa shape index (κ1) is 9.19. The molecule has 0 aliphatic heterocycles. The molecule has 3 N–H and O–H groups in total. The van der Waals surface area contributed by atoms with Crippen molar-refractivity contribution in [3.05, 3.63) is 35.9 Å². The van der Waals surface area contributed by atoms with Gasteiger partial charge in [0.05, 0.1) is 12.6 Å². The van der Waals surface area contributed by atoms with E-state index >= 15 is 0 Å². The average molecular weight is 166 g/mol. The van der Waals surface area contributed by atoms with Crippen LogP contribution >= 0.6 is 0 Å². The smallest absolute Gasteiger partial charge is 0.0718 e. The van der Waals surface area contributed by atoms with Crippen LogP contribution in [0, 0.1) is 0 Å². The van der Waals surface area contributed by atoms with Gasteiger partial charge >= 0.3 is 0 Å². The van der Waals surface area contributed by atoms with Crippen LogP contribution in [0.2, 0.25) is 0 Å². The maximum Gasteiger partial charge on any atom is 0.0718 e. The van der Waals surface area contributed by atoms with Gasteiger partial charge < -0.3 is 5.11 Å². The Morgan fingerprint density at radius 3 is 2.42 bits per heavy atom. The number of nitrogens with two attached hydrogens (primary N) is 1. The molecule has 0 amide bonds. The zero-order valence-corrected chi connectivity index (χ0v) is 7.14. The Morgan fingerprint density at radius 2 is 2.00 bits per heavy atom. The molecule has 1 atom stereocenters. The number of likely N-dealkylation sites (N-methyl/N-ethyl adjacent to an activating group) is 1. The van der Waals surface area contributed by atoms with Crippen LogP contribution < -0.4 is 5.84 Å². The Kier molecular flexibility index (Phi) is 3.22. The highest BCUT2D eigenvalue weighted by Crippen LogP contribution is 2.14. The molecular formula is C9H14N2O. The number of rotatable bonds is 3. The van der Waals surface area contributed by atoms with Gasteiger partial charge in [0.2, 0.25) is 0 Å². The lowest BCUT2D eigenvalue weighted by atomic mass is 10.1. The van der Waals surface area contributed by atoms with Crippen LogP contribution in [-0.4, -0.2) is 23.8 Å². The van der Waals surface area contributed by atoms with Crippen LogP contribution in [0.15, 0.2) is 30.3 Å². The predicted molar refractivity (Wildman–Crippen MR) is 48.2 cm³/mol. The van der Waals surface area contributed by atoms with Crippen molar-refractivity contribution in [2.75, 3.05) is 13.7 Å². The molecule has 1 aromatic rings. The molecule has 12 heavy (non-hydrogen) atoms. The van der Waals surface area contributed by atoms with Crippen molar-refractivity contribution < 1.29 is 5.11 Å². The van der Waals surface area contributed by atoms with Crippen LogP contribution in [0.25, 0.3) is 0 Å². The highest BCUT2D eigenvalue weighted by atomic mass is 16.3. The second-order valence-corrected chi connectivity index (χ2v) is 2.77. The molecule has 1 aromatic carbocycles. The maximum absolute atomic E-state index is 9.03. The number of hydrogen-bond acceptors (Lipinski definition) is 3. The quantitative estimate of drug-likeness (QED) is 0.508. The molecule has 0 spiro atoms. The fraction of sp³-hybridized carbons (Fsp3) is 0.333. The molecule has 0 fully saturated rings. The van der Waals surface area contributed by atoms with Gasteiger partial charge in [0.15, 0.2) is 0 Å². The summed E-state index contributed by atoms with van der Waals surface area (Å²) in [6.45, 7) is 0.0387. The van der Waals surface area contributed by atoms with E-state index in [2.05, 4.69) is 0 Å². The van der Waals surface area contributed by atoms with Crippen molar-refractivity contribution in [2.24, 2.45) is 5.84 Å². The molecule has 1 rings (SSSR count). The molecule has 1 unspecified atom stereocenters. The normalized spacial score (nSPS) is 13.3. The van der Waals surface area contributed by atoms with Crippen LogP contribution in [0.3, 0.4) is 0 Å². The summed E-state index contributed by atoms with van der Waals surface area (Å²) < 4.78 is 0. The molecule has 0 bridgehead atoms. The van der Waals surface area contributed by atoms with Gasteiger partial charge in [-0.15, -0.1) is 0 Å². The summed E-state index contributed by atoms with van der Waals surface area (Å²) in [5, 5.41) is 10.5. The van der Waals surface area contributed by atoms with E-state index in [1.807, 2.05) is 30.3 Å². The topological polar surface area (TPSA) is 49.5 Å². The van der Waals surface area contributed by atoms with Crippen LogP contribution in [0.5, 0.6) is 0 Å². The Labute approximate surface area is 72.4 Å². The number of nitrogens with zero attached hydrogens (tertiary/aromatic N) is 1. The second-order valence-electron chi connectivity index (χ2n) is 2.77. The van der Waals surface area contributed by atoms with Crippen molar-refractivity contribution in [3.8, 4) is 0 Å². The average Bonchev–Trinajstić information content (AvgIpc) is 2.07. The van der Waals surface area contributed by atoms with E-state index in [0.29, 0.717) is 0 Å². The van der Waals surface area contributed by atoms with Gasteiger partial charge in [0.1, 0.15) is 0 Å². The minimum Gasteiger partial charge on any atom is -0.394 e. The minimum atomic E-state index is -0.105. The summed E-state index contributed by atoms with van der Waals surface area (Å²) >= 11 is 0. The Bertz CT molecular complexity index is 223. The van der Waals surface area contributed by atoms with E-state index in [-0.39, 0.29) is 12.6 Å². The van der Waals surface area contributed by atoms with Gasteiger partial charge in [-0.25, -0.2) is 5.01 Å². The first-order chi connectivity index (χ1) is 5.75. The van der Waals surface area contributed by atoms with Gasteiger partial charge in [-0.1, -0.05) is 30.3 Å². The van der Waals surface area contributed by atoms with Crippen LogP contribution in [0.4, 0.5) is 0 Å². The standard InChI is InChI=1S/C9H14N2O/c1-11(10)9(7-12)8-5-3-2-4-6-8/h2-6,9,12H,7,10H2,1H3. The van der Waals surface area contributed by atoms with E-state index < -0.39 is 0 Å². The third-order valence-corrected chi connectivity index (χ3v) is 1.85. The minimum absolute atomic E-state index is 0.0387. The summed E-state index contributed by atoms with van der Waals surface area (Å²) in [5.74, 6) is 5.55. The third kappa shape index (κ3) is 2.04. The Hall–Kier alpha value is -0.900. The summed E-state index contributed by atoms with van der Waals surface area (Å²) in [6.07, 6.45) is 0. The second kappa shape index (κ2) is 4.21. The van der Waals surface area contributed by atoms with Crippen molar-refractivity contribution in [2.45, 2.75) is 6.04 Å². The highest BCUT2D eigenvalue weighted by molar-refractivity contribution is 5.18. The van der Waals surface area contributed by atoms with E-state index in [1.165, 1.54) is 5.01 Å². The van der Waals surface area contributed by atoms with Crippen molar-refractivity contribution >= 4 is 0 Å². The van der Waals surface area contributed by atoms with Crippen LogP contribution in [0.1, 0.15) is 11.6 Å². The highest BCUT2D eigenvalue weighted by Gasteiger charge is 2.11. The summed E-state index contributed by atoms with van der Waals surface area (Å²) in [7, 11) is 1.74. The van der Waals surface area contributed by atoms with Crippen molar-refractivity contribution in [3.63, 3.8) is 0 Å². The first-order valence-electron chi connectivity index (χ1n) is 3.89. The van der Waals surface area contributed by atoms with Crippen LogP contribution in [-0.2, 0) is 0 Å². The SMILES string of the molecule is CN(N)C(CO)c1ccccc1. The predicted octanol–water partition coefficient (Wildman–Crippen LogP) is 0.525. The number of aliphatic hydroxyl groups excluding tert-OH is 1. The molecular weight excluding hydrogens is 152 g/mol. The fourth-order valence-electron chi connectivity index (χ4n) is 1.14. The molecule has 3 nitrogen and oxygen atoms in total. The first-order valence-corrected chi connectivity index (χ1v) is 3.89. The molecule has 0 saturated heterocycles. The molecule has 0 saturated carbocycles. The third-order valence-electron chi connectivity index (χ3n) is 1.85. The largest absolute Gasteiger partial charge is 0.394 e. The maximum atomic E-state index is 9.03. The zero-order chi connectivity index (χ0) is 8.97. The van der Waals surface area contributed by atoms with E-state index in [4.69, 9.17) is 10.9 Å². The number of hydrogen-bond donors (Lipinski definition) is 2. The lowest BCUT2D eigenvalue weighted by Crippen LogP contribution is -2.33. The molecule has 0 aliphatic rings. The van der Waals surface area contributed by atoms with E-state index in [1.54, 1.807) is 7.05 Å². The van der Waals surface area contributed by atoms with Gasteiger partial charge in [0, 0.05) is 7.05 Å². The summed E-state index contributed by atoms with van der Waals surface area (Å²) in [4.78, 5) is 0. The monoisotopic (exact) mass is 166 g/mol. The lowest BCUT2D eigenvalue weighted by Gasteiger charge is -2.21. The molecule has 3 heteroatoms. The van der Waals surface area contributed by atoms with Gasteiger partial charge in [-0.05, 0) is 5.56 Å². The van der Waals surface area contributed by atoms with Gasteiger partial charge in [0.25, 0.3) is 0 Å². The number of hydrazine groups is 1. The summed E-state index contributed by atoms with van der Waals surface area (Å²) in [5.41, 5.74) is 1.03. The molecule has 0 aliphatic carbocycles. The van der Waals surface area contributed by atoms with E-state index in [0.717, 1.165) is 5.56 Å². The van der Waals surface area contributed by atoms with Crippen molar-refractivity contribution in [1.29, 1.82) is 0 Å². The Morgan fingerprint density at radius 1 is 1.42 bits per heavy atom. The molecule has 66 valence electrons. The van der Waals surface area contributed by atoms with Gasteiger partial charge in [-0.2, -0.15) is 0 Å². The number of aliphatic hydroxyl groups is 1. The molecule has 0 aromatic heterocycles. The molecule has 0 heterocycles. The number of benzene rings is 1. The molecule has 0 radical (unpaired) electrons. The lowest BCUT2D eigenvalue weighted by molar-refractivity contribution is 0.149. The summed E-state index contributed by atoms with van der Waals surface area (Å²) in [6, 6.07) is 9.59. The van der Waals surface area contributed by atoms with Crippen molar-refractivity contribution in [1.82, 2.24) is 5.01 Å². The van der Waals surface area contributed by atoms with Gasteiger partial charge in [-0.3, -0.25) is 5.84 Å². The fourth-order valence-corrected chi connectivity index (χ4v) is 1.14. The zero-order valence-electron chi connectivity index (χ0n) is 7.14. The van der Waals surface area contributed by atoms with E-state index in [9.17, 15) is 0 Å². The Balaban J connectivity index is 2.80.